The molecule has 2 bridgehead atoms. The Morgan fingerprint density at radius 1 is 1.07 bits per heavy atom. The number of likely N-dealkylation sites (tertiary alicyclic amines) is 1. The molecular formula is C22H24N4OS. The number of nitrogens with one attached hydrogen (secondary N) is 2. The van der Waals surface area contributed by atoms with Crippen molar-refractivity contribution in [1.82, 2.24) is 20.2 Å². The molecule has 2 aliphatic heterocycles. The second-order valence-corrected chi connectivity index (χ2v) is 8.65. The molecule has 2 aliphatic rings. The van der Waals surface area contributed by atoms with Crippen LogP contribution in [0.15, 0.2) is 53.7 Å². The molecule has 2 atom stereocenters. The summed E-state index contributed by atoms with van der Waals surface area (Å²) in [5.41, 5.74) is 3.91. The minimum atomic E-state index is 0.162. The van der Waals surface area contributed by atoms with Crippen molar-refractivity contribution in [2.24, 2.45) is 0 Å². The second kappa shape index (κ2) is 7.60. The maximum atomic E-state index is 13.3. The van der Waals surface area contributed by atoms with Gasteiger partial charge in [-0.1, -0.05) is 42.1 Å². The molecule has 2 aromatic carbocycles. The van der Waals surface area contributed by atoms with Gasteiger partial charge < -0.3 is 15.2 Å². The number of aromatic nitrogens is 2. The van der Waals surface area contributed by atoms with E-state index in [1.807, 2.05) is 47.4 Å². The molecule has 1 aromatic heterocycles. The zero-order valence-electron chi connectivity index (χ0n) is 15.7. The van der Waals surface area contributed by atoms with E-state index in [1.54, 1.807) is 11.8 Å². The molecule has 3 heterocycles. The Kier molecular flexibility index (Phi) is 4.82. The monoisotopic (exact) mass is 392 g/mol. The molecule has 6 heteroatoms. The largest absolute Gasteiger partial charge is 0.337 e. The maximum absolute atomic E-state index is 13.3. The molecule has 0 spiro atoms. The number of thioether (sulfide) groups is 1. The average molecular weight is 393 g/mol. The Hall–Kier alpha value is -2.31. The SMILES string of the molecule is O=C(c1ccccc1CSc1nc2ccccc2[nH]1)N1CCC2CCC(C1)N2. The van der Waals surface area contributed by atoms with Gasteiger partial charge in [0.15, 0.2) is 5.16 Å². The first-order chi connectivity index (χ1) is 13.8. The molecule has 2 saturated heterocycles. The van der Waals surface area contributed by atoms with Gasteiger partial charge in [0.2, 0.25) is 0 Å². The van der Waals surface area contributed by atoms with E-state index >= 15 is 0 Å². The summed E-state index contributed by atoms with van der Waals surface area (Å²) in [4.78, 5) is 23.3. The molecule has 1 amide bonds. The molecule has 5 nitrogen and oxygen atoms in total. The van der Waals surface area contributed by atoms with Crippen molar-refractivity contribution in [3.05, 3.63) is 59.7 Å². The number of H-pyrrole nitrogens is 1. The van der Waals surface area contributed by atoms with Gasteiger partial charge in [0, 0.05) is 36.5 Å². The van der Waals surface area contributed by atoms with Crippen LogP contribution in [0.3, 0.4) is 0 Å². The lowest BCUT2D eigenvalue weighted by Gasteiger charge is -2.25. The third-order valence-electron chi connectivity index (χ3n) is 5.79. The second-order valence-electron chi connectivity index (χ2n) is 7.68. The highest BCUT2D eigenvalue weighted by Crippen LogP contribution is 2.26. The molecule has 0 radical (unpaired) electrons. The normalized spacial score (nSPS) is 21.8. The van der Waals surface area contributed by atoms with Gasteiger partial charge in [-0.2, -0.15) is 0 Å². The third-order valence-corrected chi connectivity index (χ3v) is 6.71. The lowest BCUT2D eigenvalue weighted by Crippen LogP contribution is -2.39. The number of benzene rings is 2. The molecule has 28 heavy (non-hydrogen) atoms. The number of imidazole rings is 1. The van der Waals surface area contributed by atoms with Crippen LogP contribution in [0.1, 0.15) is 35.2 Å². The quantitative estimate of drug-likeness (QED) is 0.663. The van der Waals surface area contributed by atoms with Crippen LogP contribution in [0.5, 0.6) is 0 Å². The van der Waals surface area contributed by atoms with E-state index in [0.29, 0.717) is 12.1 Å². The highest BCUT2D eigenvalue weighted by Gasteiger charge is 2.31. The summed E-state index contributed by atoms with van der Waals surface area (Å²) in [7, 11) is 0. The Bertz CT molecular complexity index is 968. The zero-order chi connectivity index (χ0) is 18.9. The van der Waals surface area contributed by atoms with Gasteiger partial charge in [0.25, 0.3) is 5.91 Å². The Morgan fingerprint density at radius 2 is 1.89 bits per heavy atom. The summed E-state index contributed by atoms with van der Waals surface area (Å²) >= 11 is 1.64. The van der Waals surface area contributed by atoms with E-state index in [2.05, 4.69) is 21.4 Å². The van der Waals surface area contributed by atoms with Gasteiger partial charge in [-0.25, -0.2) is 4.98 Å². The number of hydrogen-bond donors (Lipinski definition) is 2. The number of fused-ring (bicyclic) bond motifs is 3. The molecule has 2 N–H and O–H groups in total. The van der Waals surface area contributed by atoms with Crippen LogP contribution in [0, 0.1) is 0 Å². The van der Waals surface area contributed by atoms with E-state index in [9.17, 15) is 4.79 Å². The standard InChI is InChI=1S/C22H24N4OS/c27-21(26-12-11-16-9-10-17(13-26)23-16)18-6-2-1-5-15(18)14-28-22-24-19-7-3-4-8-20(19)25-22/h1-8,16-17,23H,9-14H2,(H,24,25). The molecule has 0 aliphatic carbocycles. The molecule has 3 aromatic rings. The van der Waals surface area contributed by atoms with Crippen LogP contribution in [-0.4, -0.2) is 45.9 Å². The summed E-state index contributed by atoms with van der Waals surface area (Å²) in [5, 5.41) is 4.54. The van der Waals surface area contributed by atoms with Crippen molar-refractivity contribution in [2.75, 3.05) is 13.1 Å². The van der Waals surface area contributed by atoms with Crippen LogP contribution in [0.2, 0.25) is 0 Å². The van der Waals surface area contributed by atoms with Gasteiger partial charge in [-0.15, -0.1) is 0 Å². The van der Waals surface area contributed by atoms with E-state index in [0.717, 1.165) is 52.6 Å². The lowest BCUT2D eigenvalue weighted by atomic mass is 10.0. The number of nitrogens with zero attached hydrogens (tertiary/aromatic N) is 2. The first-order valence-corrected chi connectivity index (χ1v) is 11.0. The minimum Gasteiger partial charge on any atom is -0.337 e. The number of carbonyl (C=O) groups is 1. The number of aromatic amines is 1. The van der Waals surface area contributed by atoms with Gasteiger partial charge in [-0.05, 0) is 43.0 Å². The summed E-state index contributed by atoms with van der Waals surface area (Å²) in [5.74, 6) is 0.884. The van der Waals surface area contributed by atoms with Crippen molar-refractivity contribution in [3.8, 4) is 0 Å². The molecule has 5 rings (SSSR count). The fourth-order valence-corrected chi connectivity index (χ4v) is 5.19. The molecule has 0 saturated carbocycles. The smallest absolute Gasteiger partial charge is 0.254 e. The maximum Gasteiger partial charge on any atom is 0.254 e. The predicted molar refractivity (Wildman–Crippen MR) is 113 cm³/mol. The molecular weight excluding hydrogens is 368 g/mol. The molecule has 2 unspecified atom stereocenters. The lowest BCUT2D eigenvalue weighted by molar-refractivity contribution is 0.0747. The van der Waals surface area contributed by atoms with Crippen molar-refractivity contribution in [2.45, 2.75) is 42.3 Å². The van der Waals surface area contributed by atoms with Crippen LogP contribution >= 0.6 is 11.8 Å². The average Bonchev–Trinajstić information content (AvgIpc) is 3.28. The van der Waals surface area contributed by atoms with E-state index < -0.39 is 0 Å². The Morgan fingerprint density at radius 3 is 2.82 bits per heavy atom. The highest BCUT2D eigenvalue weighted by molar-refractivity contribution is 7.98. The van der Waals surface area contributed by atoms with Crippen LogP contribution in [0.4, 0.5) is 0 Å². The van der Waals surface area contributed by atoms with Gasteiger partial charge in [0.05, 0.1) is 11.0 Å². The van der Waals surface area contributed by atoms with Crippen molar-refractivity contribution < 1.29 is 4.79 Å². The van der Waals surface area contributed by atoms with Crippen molar-refractivity contribution >= 4 is 28.7 Å². The van der Waals surface area contributed by atoms with E-state index in [-0.39, 0.29) is 5.91 Å². The van der Waals surface area contributed by atoms with E-state index in [4.69, 9.17) is 0 Å². The van der Waals surface area contributed by atoms with Crippen LogP contribution < -0.4 is 5.32 Å². The highest BCUT2D eigenvalue weighted by atomic mass is 32.2. The summed E-state index contributed by atoms with van der Waals surface area (Å²) in [6, 6.07) is 17.1. The Balaban J connectivity index is 1.32. The van der Waals surface area contributed by atoms with E-state index in [1.165, 1.54) is 12.8 Å². The molecule has 2 fully saturated rings. The summed E-state index contributed by atoms with van der Waals surface area (Å²) < 4.78 is 0. The minimum absolute atomic E-state index is 0.162. The third kappa shape index (κ3) is 3.54. The molecule has 144 valence electrons. The fourth-order valence-electron chi connectivity index (χ4n) is 4.30. The Labute approximate surface area is 168 Å². The summed E-state index contributed by atoms with van der Waals surface area (Å²) in [6.07, 6.45) is 3.48. The number of para-hydroxylation sites is 2. The topological polar surface area (TPSA) is 61.0 Å². The number of amides is 1. The van der Waals surface area contributed by atoms with Gasteiger partial charge >= 0.3 is 0 Å². The first-order valence-electron chi connectivity index (χ1n) is 9.97. The zero-order valence-corrected chi connectivity index (χ0v) is 16.5. The number of rotatable bonds is 4. The summed E-state index contributed by atoms with van der Waals surface area (Å²) in [6.45, 7) is 1.67. The van der Waals surface area contributed by atoms with Gasteiger partial charge in [-0.3, -0.25) is 4.79 Å². The van der Waals surface area contributed by atoms with Crippen molar-refractivity contribution in [3.63, 3.8) is 0 Å². The first kappa shape index (κ1) is 17.8. The van der Waals surface area contributed by atoms with Crippen molar-refractivity contribution in [1.29, 1.82) is 0 Å². The van der Waals surface area contributed by atoms with Gasteiger partial charge in [0.1, 0.15) is 0 Å². The predicted octanol–water partition coefficient (Wildman–Crippen LogP) is 3.82. The van der Waals surface area contributed by atoms with Crippen LogP contribution in [-0.2, 0) is 5.75 Å². The fraction of sp³-hybridized carbons (Fsp3) is 0.364. The van der Waals surface area contributed by atoms with Crippen LogP contribution in [0.25, 0.3) is 11.0 Å². The number of hydrogen-bond acceptors (Lipinski definition) is 4. The number of carbonyl (C=O) groups excluding carboxylic acids is 1.